The van der Waals surface area contributed by atoms with Crippen molar-refractivity contribution >= 4 is 11.8 Å². The van der Waals surface area contributed by atoms with E-state index in [4.69, 9.17) is 9.47 Å². The number of carbonyl (C=O) groups is 2. The molecular weight excluding hydrogens is 366 g/mol. The van der Waals surface area contributed by atoms with E-state index in [1.165, 1.54) is 9.47 Å². The van der Waals surface area contributed by atoms with E-state index in [0.29, 0.717) is 30.4 Å². The Morgan fingerprint density at radius 1 is 1.18 bits per heavy atom. The van der Waals surface area contributed by atoms with Crippen molar-refractivity contribution in [1.82, 2.24) is 24.1 Å². The fourth-order valence-corrected chi connectivity index (χ4v) is 3.22. The van der Waals surface area contributed by atoms with E-state index >= 15 is 0 Å². The number of likely N-dealkylation sites (N-methyl/N-ethyl adjacent to an activating group) is 1. The minimum Gasteiger partial charge on any atom is -0.454 e. The van der Waals surface area contributed by atoms with Gasteiger partial charge in [-0.1, -0.05) is 6.07 Å². The minimum absolute atomic E-state index is 0.0588. The van der Waals surface area contributed by atoms with Crippen LogP contribution in [0.25, 0.3) is 0 Å². The van der Waals surface area contributed by atoms with Crippen LogP contribution in [0.3, 0.4) is 0 Å². The average Bonchev–Trinajstić information content (AvgIpc) is 3.25. The van der Waals surface area contributed by atoms with Crippen molar-refractivity contribution in [2.75, 3.05) is 27.4 Å². The first-order valence-electron chi connectivity index (χ1n) is 8.95. The van der Waals surface area contributed by atoms with Crippen LogP contribution in [0.15, 0.2) is 23.0 Å². The second-order valence-corrected chi connectivity index (χ2v) is 6.98. The molecule has 148 valence electrons. The predicted molar refractivity (Wildman–Crippen MR) is 96.9 cm³/mol. The molecule has 3 heterocycles. The summed E-state index contributed by atoms with van der Waals surface area (Å²) in [5, 5.41) is 4.25. The van der Waals surface area contributed by atoms with Crippen molar-refractivity contribution in [2.45, 2.75) is 26.1 Å². The second kappa shape index (κ2) is 7.02. The molecule has 10 heteroatoms. The zero-order chi connectivity index (χ0) is 19.8. The fraction of sp³-hybridized carbons (Fsp3) is 0.444. The Hall–Kier alpha value is -3.30. The van der Waals surface area contributed by atoms with Crippen LogP contribution >= 0.6 is 0 Å². The highest BCUT2D eigenvalue weighted by Crippen LogP contribution is 2.32. The van der Waals surface area contributed by atoms with Crippen molar-refractivity contribution in [2.24, 2.45) is 0 Å². The van der Waals surface area contributed by atoms with E-state index in [1.807, 2.05) is 12.1 Å². The highest BCUT2D eigenvalue weighted by atomic mass is 16.7. The molecule has 2 amide bonds. The Morgan fingerprint density at radius 3 is 2.75 bits per heavy atom. The number of hydrogen-bond acceptors (Lipinski definition) is 6. The van der Waals surface area contributed by atoms with Gasteiger partial charge in [-0.3, -0.25) is 14.2 Å². The highest BCUT2D eigenvalue weighted by Gasteiger charge is 2.26. The maximum absolute atomic E-state index is 12.7. The molecule has 0 N–H and O–H groups in total. The summed E-state index contributed by atoms with van der Waals surface area (Å²) in [7, 11) is 3.25. The van der Waals surface area contributed by atoms with Gasteiger partial charge < -0.3 is 19.3 Å². The number of amides is 2. The van der Waals surface area contributed by atoms with Crippen molar-refractivity contribution in [3.05, 3.63) is 40.1 Å². The van der Waals surface area contributed by atoms with Crippen LogP contribution < -0.4 is 15.2 Å². The number of hydrogen-bond donors (Lipinski definition) is 0. The van der Waals surface area contributed by atoms with Crippen molar-refractivity contribution < 1.29 is 19.1 Å². The quantitative estimate of drug-likeness (QED) is 0.698. The number of carbonyl (C=O) groups excluding carboxylic acids is 2. The molecule has 1 aromatic carbocycles. The summed E-state index contributed by atoms with van der Waals surface area (Å²) in [4.78, 5) is 40.1. The fourth-order valence-electron chi connectivity index (χ4n) is 3.22. The Morgan fingerprint density at radius 2 is 1.96 bits per heavy atom. The summed E-state index contributed by atoms with van der Waals surface area (Å²) >= 11 is 0. The molecule has 10 nitrogen and oxygen atoms in total. The van der Waals surface area contributed by atoms with Gasteiger partial charge in [0.25, 0.3) is 0 Å². The van der Waals surface area contributed by atoms with E-state index in [1.54, 1.807) is 25.1 Å². The van der Waals surface area contributed by atoms with Gasteiger partial charge in [0.15, 0.2) is 17.3 Å². The molecule has 0 atom stereocenters. The SMILES string of the molecule is CN(C)C(=O)Cn1nc2n(c1=O)CCN(C(=O)Cc1ccc3c(c1)OCO3)C2. The molecule has 0 saturated heterocycles. The molecule has 28 heavy (non-hydrogen) atoms. The number of nitrogens with zero attached hydrogens (tertiary/aromatic N) is 5. The lowest BCUT2D eigenvalue weighted by molar-refractivity contribution is -0.132. The smallest absolute Gasteiger partial charge is 0.346 e. The van der Waals surface area contributed by atoms with Crippen molar-refractivity contribution in [3.63, 3.8) is 0 Å². The second-order valence-electron chi connectivity index (χ2n) is 6.98. The molecule has 0 unspecified atom stereocenters. The maximum atomic E-state index is 12.7. The average molecular weight is 387 g/mol. The standard InChI is InChI=1S/C18H21N5O5/c1-20(2)17(25)10-23-18(26)22-6-5-21(9-15(22)19-23)16(24)8-12-3-4-13-14(7-12)28-11-27-13/h3-4,7H,5-6,8-11H2,1-2H3. The van der Waals surface area contributed by atoms with E-state index in [9.17, 15) is 14.4 Å². The van der Waals surface area contributed by atoms with Gasteiger partial charge >= 0.3 is 5.69 Å². The number of aromatic nitrogens is 3. The Labute approximate surface area is 160 Å². The summed E-state index contributed by atoms with van der Waals surface area (Å²) in [6.07, 6.45) is 0.223. The molecule has 4 rings (SSSR count). The van der Waals surface area contributed by atoms with Crippen LogP contribution in [-0.4, -0.2) is 63.4 Å². The lowest BCUT2D eigenvalue weighted by atomic mass is 10.1. The summed E-state index contributed by atoms with van der Waals surface area (Å²) in [5.41, 5.74) is 0.507. The lowest BCUT2D eigenvalue weighted by Gasteiger charge is -2.26. The van der Waals surface area contributed by atoms with Gasteiger partial charge in [-0.05, 0) is 17.7 Å². The highest BCUT2D eigenvalue weighted by molar-refractivity contribution is 5.79. The normalized spacial score (nSPS) is 14.7. The third-order valence-electron chi connectivity index (χ3n) is 4.85. The van der Waals surface area contributed by atoms with Crippen LogP contribution in [0, 0.1) is 0 Å². The molecule has 2 aliphatic heterocycles. The summed E-state index contributed by atoms with van der Waals surface area (Å²) in [6.45, 7) is 1.09. The number of fused-ring (bicyclic) bond motifs is 2. The third kappa shape index (κ3) is 3.32. The molecule has 0 fully saturated rings. The first kappa shape index (κ1) is 18.1. The first-order valence-corrected chi connectivity index (χ1v) is 8.95. The first-order chi connectivity index (χ1) is 13.4. The zero-order valence-corrected chi connectivity index (χ0v) is 15.8. The van der Waals surface area contributed by atoms with E-state index in [0.717, 1.165) is 10.2 Å². The number of benzene rings is 1. The maximum Gasteiger partial charge on any atom is 0.346 e. The lowest BCUT2D eigenvalue weighted by Crippen LogP contribution is -2.41. The molecule has 2 aliphatic rings. The number of rotatable bonds is 4. The monoisotopic (exact) mass is 387 g/mol. The summed E-state index contributed by atoms with van der Waals surface area (Å²) in [6, 6.07) is 5.44. The summed E-state index contributed by atoms with van der Waals surface area (Å²) < 4.78 is 13.3. The van der Waals surface area contributed by atoms with E-state index < -0.39 is 0 Å². The van der Waals surface area contributed by atoms with Gasteiger partial charge in [0, 0.05) is 27.2 Å². The molecular formula is C18H21N5O5. The van der Waals surface area contributed by atoms with Crippen LogP contribution in [0.4, 0.5) is 0 Å². The van der Waals surface area contributed by atoms with Crippen LogP contribution in [0.2, 0.25) is 0 Å². The third-order valence-corrected chi connectivity index (χ3v) is 4.85. The predicted octanol–water partition coefficient (Wildman–Crippen LogP) is -0.553. The summed E-state index contributed by atoms with van der Waals surface area (Å²) in [5.74, 6) is 1.53. The largest absolute Gasteiger partial charge is 0.454 e. The molecule has 0 aliphatic carbocycles. The van der Waals surface area contributed by atoms with Crippen LogP contribution in [0.5, 0.6) is 11.5 Å². The van der Waals surface area contributed by atoms with Crippen LogP contribution in [-0.2, 0) is 35.6 Å². The molecule has 2 aromatic rings. The van der Waals surface area contributed by atoms with Crippen LogP contribution in [0.1, 0.15) is 11.4 Å². The molecule has 0 saturated carbocycles. The Balaban J connectivity index is 1.45. The van der Waals surface area contributed by atoms with Gasteiger partial charge in [-0.15, -0.1) is 0 Å². The Kier molecular flexibility index (Phi) is 4.54. The van der Waals surface area contributed by atoms with Gasteiger partial charge in [-0.25, -0.2) is 9.48 Å². The minimum atomic E-state index is -0.326. The molecule has 0 spiro atoms. The van der Waals surface area contributed by atoms with E-state index in [-0.39, 0.29) is 43.8 Å². The molecule has 0 bridgehead atoms. The van der Waals surface area contributed by atoms with Crippen molar-refractivity contribution in [1.29, 1.82) is 0 Å². The number of ether oxygens (including phenoxy) is 2. The van der Waals surface area contributed by atoms with Gasteiger partial charge in [-0.2, -0.15) is 5.10 Å². The van der Waals surface area contributed by atoms with Gasteiger partial charge in [0.2, 0.25) is 18.6 Å². The zero-order valence-electron chi connectivity index (χ0n) is 15.8. The molecule has 1 aromatic heterocycles. The molecule has 0 radical (unpaired) electrons. The van der Waals surface area contributed by atoms with Gasteiger partial charge in [0.1, 0.15) is 6.54 Å². The van der Waals surface area contributed by atoms with Gasteiger partial charge in [0.05, 0.1) is 13.0 Å². The van der Waals surface area contributed by atoms with E-state index in [2.05, 4.69) is 5.10 Å². The topological polar surface area (TPSA) is 98.9 Å². The van der Waals surface area contributed by atoms with Crippen molar-refractivity contribution in [3.8, 4) is 11.5 Å². The Bertz CT molecular complexity index is 993.